The molecule has 1 aliphatic rings. The van der Waals surface area contributed by atoms with E-state index in [1.54, 1.807) is 0 Å². The fraction of sp³-hybridized carbons (Fsp3) is 0.364. The van der Waals surface area contributed by atoms with Gasteiger partial charge in [-0.3, -0.25) is 4.79 Å². The van der Waals surface area contributed by atoms with Gasteiger partial charge in [-0.15, -0.1) is 0 Å². The number of aromatic hydroxyl groups is 1. The summed E-state index contributed by atoms with van der Waals surface area (Å²) in [7, 11) is 5.26. The zero-order valence-corrected chi connectivity index (χ0v) is 16.8. The standard InChI is InChI=1S/C22H25NO6/c1-23(2)9-4-10-28-16-7-5-14(6-8-16)19-13-18(25)21-17(22(26)27-3)11-15(24)12-20(21)29-19/h5-8,11-12,19,24H,4,9-10,13H2,1-3H3. The number of fused-ring (bicyclic) bond motifs is 1. The minimum Gasteiger partial charge on any atom is -0.508 e. The Morgan fingerprint density at radius 3 is 2.62 bits per heavy atom. The molecule has 0 saturated heterocycles. The molecule has 7 nitrogen and oxygen atoms in total. The highest BCUT2D eigenvalue weighted by Gasteiger charge is 2.32. The van der Waals surface area contributed by atoms with Crippen LogP contribution >= 0.6 is 0 Å². The SMILES string of the molecule is COC(=O)c1cc(O)cc2c1C(=O)CC(c1ccc(OCCCN(C)C)cc1)O2. The van der Waals surface area contributed by atoms with Crippen molar-refractivity contribution >= 4 is 11.8 Å². The average molecular weight is 399 g/mol. The largest absolute Gasteiger partial charge is 0.508 e. The van der Waals surface area contributed by atoms with Crippen molar-refractivity contribution < 1.29 is 28.9 Å². The second-order valence-corrected chi connectivity index (χ2v) is 7.17. The number of carbonyl (C=O) groups excluding carboxylic acids is 2. The van der Waals surface area contributed by atoms with Crippen LogP contribution in [0.3, 0.4) is 0 Å². The number of phenolic OH excluding ortho intramolecular Hbond substituents is 1. The molecule has 29 heavy (non-hydrogen) atoms. The highest BCUT2D eigenvalue weighted by Crippen LogP contribution is 2.39. The fourth-order valence-corrected chi connectivity index (χ4v) is 3.25. The lowest BCUT2D eigenvalue weighted by atomic mass is 9.92. The molecular formula is C22H25NO6. The number of esters is 1. The predicted octanol–water partition coefficient (Wildman–Crippen LogP) is 3.22. The van der Waals surface area contributed by atoms with Crippen molar-refractivity contribution in [2.45, 2.75) is 18.9 Å². The Hall–Kier alpha value is -3.06. The number of hydrogen-bond donors (Lipinski definition) is 1. The number of ketones is 1. The molecule has 7 heteroatoms. The van der Waals surface area contributed by atoms with Gasteiger partial charge in [0.25, 0.3) is 0 Å². The van der Waals surface area contributed by atoms with Gasteiger partial charge in [0.1, 0.15) is 23.4 Å². The van der Waals surface area contributed by atoms with E-state index in [4.69, 9.17) is 14.2 Å². The first kappa shape index (κ1) is 20.7. The summed E-state index contributed by atoms with van der Waals surface area (Å²) in [5.74, 6) is -0.167. The minimum atomic E-state index is -0.691. The van der Waals surface area contributed by atoms with E-state index in [0.29, 0.717) is 6.61 Å². The smallest absolute Gasteiger partial charge is 0.338 e. The summed E-state index contributed by atoms with van der Waals surface area (Å²) in [5.41, 5.74) is 0.965. The number of nitrogens with zero attached hydrogens (tertiary/aromatic N) is 1. The summed E-state index contributed by atoms with van der Waals surface area (Å²) >= 11 is 0. The molecule has 1 unspecified atom stereocenters. The molecule has 3 rings (SSSR count). The van der Waals surface area contributed by atoms with Gasteiger partial charge >= 0.3 is 5.97 Å². The number of phenols is 1. The third-order valence-electron chi connectivity index (χ3n) is 4.68. The third kappa shape index (κ3) is 4.86. The molecule has 2 aromatic carbocycles. The number of methoxy groups -OCH3 is 1. The maximum Gasteiger partial charge on any atom is 0.338 e. The summed E-state index contributed by atoms with van der Waals surface area (Å²) in [4.78, 5) is 26.8. The predicted molar refractivity (Wildman–Crippen MR) is 107 cm³/mol. The Labute approximate surface area is 169 Å². The number of rotatable bonds is 7. The van der Waals surface area contributed by atoms with Crippen molar-refractivity contribution in [1.82, 2.24) is 4.90 Å². The fourth-order valence-electron chi connectivity index (χ4n) is 3.25. The molecule has 1 N–H and O–H groups in total. The van der Waals surface area contributed by atoms with Gasteiger partial charge in [0.15, 0.2) is 5.78 Å². The van der Waals surface area contributed by atoms with Crippen LogP contribution in [0.5, 0.6) is 17.2 Å². The van der Waals surface area contributed by atoms with Gasteiger partial charge in [0, 0.05) is 12.6 Å². The van der Waals surface area contributed by atoms with E-state index >= 15 is 0 Å². The van der Waals surface area contributed by atoms with Gasteiger partial charge in [-0.25, -0.2) is 4.79 Å². The molecule has 0 aromatic heterocycles. The Morgan fingerprint density at radius 1 is 1.24 bits per heavy atom. The van der Waals surface area contributed by atoms with E-state index in [2.05, 4.69) is 4.90 Å². The summed E-state index contributed by atoms with van der Waals surface area (Å²) < 4.78 is 16.4. The van der Waals surface area contributed by atoms with Crippen LogP contribution in [0.15, 0.2) is 36.4 Å². The van der Waals surface area contributed by atoms with E-state index in [-0.39, 0.29) is 34.8 Å². The van der Waals surface area contributed by atoms with Gasteiger partial charge in [0.2, 0.25) is 0 Å². The molecule has 0 bridgehead atoms. The highest BCUT2D eigenvalue weighted by molar-refractivity contribution is 6.09. The van der Waals surface area contributed by atoms with Crippen molar-refractivity contribution in [3.05, 3.63) is 53.1 Å². The van der Waals surface area contributed by atoms with Crippen LogP contribution < -0.4 is 9.47 Å². The summed E-state index contributed by atoms with van der Waals surface area (Å²) in [5, 5.41) is 9.91. The van der Waals surface area contributed by atoms with Gasteiger partial charge in [-0.05, 0) is 44.3 Å². The van der Waals surface area contributed by atoms with Crippen molar-refractivity contribution in [3.8, 4) is 17.2 Å². The molecule has 0 aliphatic carbocycles. The first-order chi connectivity index (χ1) is 13.9. The number of benzene rings is 2. The Balaban J connectivity index is 1.74. The molecule has 0 spiro atoms. The molecule has 0 radical (unpaired) electrons. The number of Topliss-reactive ketones (excluding diaryl/α,β-unsaturated/α-hetero) is 1. The topological polar surface area (TPSA) is 85.3 Å². The Kier molecular flexibility index (Phi) is 6.39. The Morgan fingerprint density at radius 2 is 1.97 bits per heavy atom. The van der Waals surface area contributed by atoms with Crippen LogP contribution in [0.1, 0.15) is 45.2 Å². The molecule has 2 aromatic rings. The molecule has 0 amide bonds. The zero-order chi connectivity index (χ0) is 21.0. The molecule has 1 heterocycles. The van der Waals surface area contributed by atoms with E-state index in [1.807, 2.05) is 38.4 Å². The van der Waals surface area contributed by atoms with Crippen molar-refractivity contribution in [2.24, 2.45) is 0 Å². The van der Waals surface area contributed by atoms with Gasteiger partial charge in [-0.1, -0.05) is 12.1 Å². The van der Waals surface area contributed by atoms with Gasteiger partial charge < -0.3 is 24.2 Å². The monoisotopic (exact) mass is 399 g/mol. The quantitative estimate of drug-likeness (QED) is 0.565. The number of ether oxygens (including phenoxy) is 3. The van der Waals surface area contributed by atoms with E-state index in [9.17, 15) is 14.7 Å². The van der Waals surface area contributed by atoms with Crippen LogP contribution in [-0.2, 0) is 4.74 Å². The number of carbonyl (C=O) groups is 2. The summed E-state index contributed by atoms with van der Waals surface area (Å²) in [6, 6.07) is 9.96. The van der Waals surface area contributed by atoms with Gasteiger partial charge in [-0.2, -0.15) is 0 Å². The second-order valence-electron chi connectivity index (χ2n) is 7.17. The van der Waals surface area contributed by atoms with E-state index in [0.717, 1.165) is 24.3 Å². The van der Waals surface area contributed by atoms with Crippen LogP contribution in [0.2, 0.25) is 0 Å². The zero-order valence-electron chi connectivity index (χ0n) is 16.8. The second kappa shape index (κ2) is 8.96. The molecule has 1 aliphatic heterocycles. The summed E-state index contributed by atoms with van der Waals surface area (Å²) in [6.45, 7) is 1.58. The van der Waals surface area contributed by atoms with Crippen LogP contribution in [0.4, 0.5) is 0 Å². The Bertz CT molecular complexity index is 891. The molecule has 0 fully saturated rings. The van der Waals surface area contributed by atoms with Crippen LogP contribution in [0, 0.1) is 0 Å². The maximum atomic E-state index is 12.7. The van der Waals surface area contributed by atoms with Crippen LogP contribution in [0.25, 0.3) is 0 Å². The van der Waals surface area contributed by atoms with Crippen molar-refractivity contribution in [3.63, 3.8) is 0 Å². The lowest BCUT2D eigenvalue weighted by Gasteiger charge is -2.27. The number of hydrogen-bond acceptors (Lipinski definition) is 7. The molecule has 154 valence electrons. The molecular weight excluding hydrogens is 374 g/mol. The third-order valence-corrected chi connectivity index (χ3v) is 4.68. The van der Waals surface area contributed by atoms with Crippen LogP contribution in [-0.4, -0.2) is 56.1 Å². The lowest BCUT2D eigenvalue weighted by molar-refractivity contribution is 0.0590. The lowest BCUT2D eigenvalue weighted by Crippen LogP contribution is -2.23. The van der Waals surface area contributed by atoms with Crippen molar-refractivity contribution in [1.29, 1.82) is 0 Å². The highest BCUT2D eigenvalue weighted by atomic mass is 16.5. The first-order valence-corrected chi connectivity index (χ1v) is 9.41. The van der Waals surface area contributed by atoms with Crippen molar-refractivity contribution in [2.75, 3.05) is 34.4 Å². The molecule has 1 atom stereocenters. The minimum absolute atomic E-state index is 0.00687. The van der Waals surface area contributed by atoms with E-state index < -0.39 is 12.1 Å². The molecule has 0 saturated carbocycles. The average Bonchev–Trinajstić information content (AvgIpc) is 2.69. The summed E-state index contributed by atoms with van der Waals surface area (Å²) in [6.07, 6.45) is 0.507. The normalized spacial score (nSPS) is 15.6. The van der Waals surface area contributed by atoms with E-state index in [1.165, 1.54) is 19.2 Å². The maximum absolute atomic E-state index is 12.7. The van der Waals surface area contributed by atoms with Gasteiger partial charge in [0.05, 0.1) is 31.3 Å². The first-order valence-electron chi connectivity index (χ1n) is 9.41.